The molecule has 3 aromatic heterocycles. The first-order chi connectivity index (χ1) is 15.4. The van der Waals surface area contributed by atoms with E-state index in [4.69, 9.17) is 10.2 Å². The molecule has 3 heterocycles. The zero-order chi connectivity index (χ0) is 22.8. The summed E-state index contributed by atoms with van der Waals surface area (Å²) in [5.74, 6) is 0.0800. The summed E-state index contributed by atoms with van der Waals surface area (Å²) in [6.45, 7) is 7.97. The number of nitriles is 1. The number of nitrogens with zero attached hydrogens (tertiary/aromatic N) is 5. The van der Waals surface area contributed by atoms with Gasteiger partial charge in [0, 0.05) is 11.6 Å². The first-order valence-electron chi connectivity index (χ1n) is 10.1. The van der Waals surface area contributed by atoms with Crippen LogP contribution >= 0.6 is 23.1 Å². The standard InChI is InChI=1S/C23H22N6OS2/c1-13(2)29-20-18(12-25-29)17(11-19(27-20)16-8-6-5-7-14(16)3)21(30)28-23-26-15(4)22(32-23)31-10-9-24/h5-8,11-13H,10H2,1-4H3,(H,26,28,30). The van der Waals surface area contributed by atoms with E-state index in [0.717, 1.165) is 26.7 Å². The Morgan fingerprint density at radius 1 is 1.28 bits per heavy atom. The van der Waals surface area contributed by atoms with E-state index in [1.807, 2.05) is 62.7 Å². The molecule has 0 spiro atoms. The predicted octanol–water partition coefficient (Wildman–Crippen LogP) is 5.62. The molecule has 0 radical (unpaired) electrons. The molecule has 0 saturated heterocycles. The SMILES string of the molecule is Cc1ccccc1-c1cc(C(=O)Nc2nc(C)c(SCC#N)s2)c2cnn(C(C)C)c2n1. The fourth-order valence-corrected chi connectivity index (χ4v) is 5.21. The number of pyridine rings is 1. The van der Waals surface area contributed by atoms with Gasteiger partial charge in [0.05, 0.1) is 44.6 Å². The van der Waals surface area contributed by atoms with Crippen molar-refractivity contribution in [1.82, 2.24) is 19.7 Å². The van der Waals surface area contributed by atoms with Gasteiger partial charge in [0.15, 0.2) is 10.8 Å². The molecule has 0 atom stereocenters. The lowest BCUT2D eigenvalue weighted by Crippen LogP contribution is -2.13. The maximum Gasteiger partial charge on any atom is 0.258 e. The largest absolute Gasteiger partial charge is 0.298 e. The third kappa shape index (κ3) is 4.24. The van der Waals surface area contributed by atoms with E-state index in [2.05, 4.69) is 21.5 Å². The maximum atomic E-state index is 13.3. The quantitative estimate of drug-likeness (QED) is 0.374. The van der Waals surface area contributed by atoms with E-state index < -0.39 is 0 Å². The van der Waals surface area contributed by atoms with Crippen LogP contribution in [0.4, 0.5) is 5.13 Å². The van der Waals surface area contributed by atoms with Crippen LogP contribution in [0.15, 0.2) is 40.7 Å². The zero-order valence-electron chi connectivity index (χ0n) is 18.2. The van der Waals surface area contributed by atoms with Crippen molar-refractivity contribution in [2.75, 3.05) is 11.1 Å². The summed E-state index contributed by atoms with van der Waals surface area (Å²) in [5.41, 5.74) is 4.75. The molecule has 9 heteroatoms. The van der Waals surface area contributed by atoms with Crippen LogP contribution < -0.4 is 5.32 Å². The number of thioether (sulfide) groups is 1. The molecule has 4 aromatic rings. The van der Waals surface area contributed by atoms with Gasteiger partial charge in [-0.15, -0.1) is 0 Å². The van der Waals surface area contributed by atoms with Gasteiger partial charge in [0.1, 0.15) is 0 Å². The second-order valence-corrected chi connectivity index (χ2v) is 9.83. The molecule has 1 aromatic carbocycles. The van der Waals surface area contributed by atoms with E-state index in [1.165, 1.54) is 23.1 Å². The van der Waals surface area contributed by atoms with Crippen LogP contribution in [0.5, 0.6) is 0 Å². The van der Waals surface area contributed by atoms with Gasteiger partial charge in [-0.3, -0.25) is 10.1 Å². The topological polar surface area (TPSA) is 96.5 Å². The van der Waals surface area contributed by atoms with Crippen LogP contribution in [-0.4, -0.2) is 31.4 Å². The molecular weight excluding hydrogens is 440 g/mol. The Morgan fingerprint density at radius 2 is 2.06 bits per heavy atom. The summed E-state index contributed by atoms with van der Waals surface area (Å²) < 4.78 is 2.76. The van der Waals surface area contributed by atoms with Crippen molar-refractivity contribution >= 4 is 45.2 Å². The van der Waals surface area contributed by atoms with Gasteiger partial charge in [-0.1, -0.05) is 47.4 Å². The molecule has 162 valence electrons. The molecule has 7 nitrogen and oxygen atoms in total. The second-order valence-electron chi connectivity index (χ2n) is 7.58. The number of carbonyl (C=O) groups is 1. The second kappa shape index (κ2) is 9.10. The van der Waals surface area contributed by atoms with Gasteiger partial charge in [0.2, 0.25) is 0 Å². The Hall–Kier alpha value is -3.22. The molecule has 0 aliphatic heterocycles. The summed E-state index contributed by atoms with van der Waals surface area (Å²) in [6.07, 6.45) is 1.69. The average Bonchev–Trinajstić information content (AvgIpc) is 3.34. The number of hydrogen-bond acceptors (Lipinski definition) is 7. The van der Waals surface area contributed by atoms with Crippen molar-refractivity contribution in [3.05, 3.63) is 53.3 Å². The number of carbonyl (C=O) groups excluding carboxylic acids is 1. The molecule has 4 rings (SSSR count). The van der Waals surface area contributed by atoms with Crippen LogP contribution in [0.3, 0.4) is 0 Å². The number of benzene rings is 1. The van der Waals surface area contributed by atoms with Gasteiger partial charge in [-0.05, 0) is 39.3 Å². The van der Waals surface area contributed by atoms with Gasteiger partial charge in [0.25, 0.3) is 5.91 Å². The summed E-state index contributed by atoms with van der Waals surface area (Å²) in [6, 6.07) is 12.0. The number of aryl methyl sites for hydroxylation is 2. The van der Waals surface area contributed by atoms with Crippen molar-refractivity contribution in [2.45, 2.75) is 37.9 Å². The summed E-state index contributed by atoms with van der Waals surface area (Å²) >= 11 is 2.79. The Kier molecular flexibility index (Phi) is 6.26. The lowest BCUT2D eigenvalue weighted by atomic mass is 10.0. The number of rotatable bonds is 6. The minimum atomic E-state index is -0.263. The highest BCUT2D eigenvalue weighted by Crippen LogP contribution is 2.33. The summed E-state index contributed by atoms with van der Waals surface area (Å²) in [7, 11) is 0. The molecule has 0 saturated carbocycles. The van der Waals surface area contributed by atoms with Crippen molar-refractivity contribution in [3.8, 4) is 17.3 Å². The van der Waals surface area contributed by atoms with E-state index in [-0.39, 0.29) is 11.9 Å². The number of anilines is 1. The molecule has 1 N–H and O–H groups in total. The lowest BCUT2D eigenvalue weighted by molar-refractivity contribution is 0.102. The lowest BCUT2D eigenvalue weighted by Gasteiger charge is -2.11. The molecule has 1 amide bonds. The van der Waals surface area contributed by atoms with Gasteiger partial charge >= 0.3 is 0 Å². The highest BCUT2D eigenvalue weighted by atomic mass is 32.2. The van der Waals surface area contributed by atoms with Crippen LogP contribution in [0.25, 0.3) is 22.3 Å². The Morgan fingerprint density at radius 3 is 2.78 bits per heavy atom. The molecule has 0 aliphatic carbocycles. The molecular formula is C23H22N6OS2. The Bertz CT molecular complexity index is 1350. The third-order valence-electron chi connectivity index (χ3n) is 4.96. The minimum absolute atomic E-state index is 0.101. The smallest absolute Gasteiger partial charge is 0.258 e. The van der Waals surface area contributed by atoms with Crippen LogP contribution in [0.2, 0.25) is 0 Å². The minimum Gasteiger partial charge on any atom is -0.298 e. The molecule has 0 unspecified atom stereocenters. The Labute approximate surface area is 194 Å². The van der Waals surface area contributed by atoms with Crippen molar-refractivity contribution in [2.24, 2.45) is 0 Å². The average molecular weight is 463 g/mol. The van der Waals surface area contributed by atoms with Crippen molar-refractivity contribution in [1.29, 1.82) is 5.26 Å². The number of fused-ring (bicyclic) bond motifs is 1. The molecule has 0 fully saturated rings. The van der Waals surface area contributed by atoms with E-state index in [9.17, 15) is 4.79 Å². The zero-order valence-corrected chi connectivity index (χ0v) is 19.8. The highest BCUT2D eigenvalue weighted by Gasteiger charge is 2.20. The number of aromatic nitrogens is 4. The van der Waals surface area contributed by atoms with Crippen molar-refractivity contribution in [3.63, 3.8) is 0 Å². The maximum absolute atomic E-state index is 13.3. The summed E-state index contributed by atoms with van der Waals surface area (Å²) in [5, 5.41) is 17.4. The van der Waals surface area contributed by atoms with Gasteiger partial charge in [-0.2, -0.15) is 10.4 Å². The van der Waals surface area contributed by atoms with Gasteiger partial charge < -0.3 is 0 Å². The fourth-order valence-electron chi connectivity index (χ4n) is 3.41. The highest BCUT2D eigenvalue weighted by molar-refractivity contribution is 8.01. The molecule has 0 bridgehead atoms. The summed E-state index contributed by atoms with van der Waals surface area (Å²) in [4.78, 5) is 22.7. The third-order valence-corrected chi connectivity index (χ3v) is 7.27. The first kappa shape index (κ1) is 22.0. The van der Waals surface area contributed by atoms with Gasteiger partial charge in [-0.25, -0.2) is 14.6 Å². The fraction of sp³-hybridized carbons (Fsp3) is 0.261. The van der Waals surface area contributed by atoms with Crippen LogP contribution in [0, 0.1) is 25.2 Å². The normalized spacial score (nSPS) is 11.1. The number of hydrogen-bond donors (Lipinski definition) is 1. The molecule has 32 heavy (non-hydrogen) atoms. The van der Waals surface area contributed by atoms with Crippen LogP contribution in [-0.2, 0) is 0 Å². The Balaban J connectivity index is 1.78. The first-order valence-corrected chi connectivity index (χ1v) is 11.9. The number of thiazole rings is 1. The molecule has 0 aliphatic rings. The number of amides is 1. The van der Waals surface area contributed by atoms with E-state index in [1.54, 1.807) is 6.20 Å². The van der Waals surface area contributed by atoms with Crippen LogP contribution in [0.1, 0.15) is 41.5 Å². The monoisotopic (exact) mass is 462 g/mol. The van der Waals surface area contributed by atoms with E-state index in [0.29, 0.717) is 27.5 Å². The van der Waals surface area contributed by atoms with Crippen molar-refractivity contribution < 1.29 is 4.79 Å². The predicted molar refractivity (Wildman–Crippen MR) is 129 cm³/mol. The van der Waals surface area contributed by atoms with E-state index >= 15 is 0 Å². The number of nitrogens with one attached hydrogen (secondary N) is 1.